The molecule has 2 nitrogen and oxygen atoms in total. The average molecular weight is 234 g/mol. The van der Waals surface area contributed by atoms with Gasteiger partial charge in [0, 0.05) is 0 Å². The number of benzene rings is 1. The Morgan fingerprint density at radius 1 is 1.35 bits per heavy atom. The summed E-state index contributed by atoms with van der Waals surface area (Å²) in [6.45, 7) is 10.4. The van der Waals surface area contributed by atoms with E-state index in [0.717, 1.165) is 18.8 Å². The number of rotatable bonds is 4. The summed E-state index contributed by atoms with van der Waals surface area (Å²) in [6, 6.07) is 6.52. The molecule has 1 aliphatic heterocycles. The zero-order valence-electron chi connectivity index (χ0n) is 11.2. The van der Waals surface area contributed by atoms with Crippen LogP contribution in [0.3, 0.4) is 0 Å². The first kappa shape index (κ1) is 12.4. The van der Waals surface area contributed by atoms with E-state index in [4.69, 9.17) is 9.47 Å². The van der Waals surface area contributed by atoms with Crippen LogP contribution in [-0.4, -0.2) is 19.3 Å². The second-order valence-corrected chi connectivity index (χ2v) is 5.70. The Morgan fingerprint density at radius 3 is 2.59 bits per heavy atom. The van der Waals surface area contributed by atoms with Crippen molar-refractivity contribution in [3.63, 3.8) is 0 Å². The van der Waals surface area contributed by atoms with Gasteiger partial charge in [-0.15, -0.1) is 0 Å². The Bertz CT molecular complexity index is 386. The lowest BCUT2D eigenvalue weighted by Crippen LogP contribution is -2.15. The van der Waals surface area contributed by atoms with Crippen LogP contribution in [0.25, 0.3) is 0 Å². The smallest absolute Gasteiger partial charge is 0.123 e. The summed E-state index contributed by atoms with van der Waals surface area (Å²) in [6.07, 6.45) is 1.38. The molecule has 0 amide bonds. The number of hydrogen-bond acceptors (Lipinski definition) is 2. The van der Waals surface area contributed by atoms with Gasteiger partial charge in [-0.25, -0.2) is 0 Å². The highest BCUT2D eigenvalue weighted by molar-refractivity contribution is 5.41. The van der Waals surface area contributed by atoms with E-state index in [9.17, 15) is 0 Å². The van der Waals surface area contributed by atoms with Gasteiger partial charge in [0.1, 0.15) is 18.5 Å². The summed E-state index contributed by atoms with van der Waals surface area (Å²) < 4.78 is 11.0. The van der Waals surface area contributed by atoms with E-state index >= 15 is 0 Å². The third-order valence-electron chi connectivity index (χ3n) is 3.09. The molecular weight excluding hydrogens is 212 g/mol. The zero-order valence-corrected chi connectivity index (χ0v) is 11.2. The molecule has 2 heteroatoms. The highest BCUT2D eigenvalue weighted by Crippen LogP contribution is 2.32. The maximum absolute atomic E-state index is 5.86. The summed E-state index contributed by atoms with van der Waals surface area (Å²) in [7, 11) is 0. The van der Waals surface area contributed by atoms with E-state index in [-0.39, 0.29) is 5.41 Å². The third kappa shape index (κ3) is 3.22. The fraction of sp³-hybridized carbons (Fsp3) is 0.600. The minimum atomic E-state index is 0.116. The topological polar surface area (TPSA) is 21.8 Å². The molecule has 1 saturated heterocycles. The Kier molecular flexibility index (Phi) is 3.43. The molecule has 94 valence electrons. The fourth-order valence-corrected chi connectivity index (χ4v) is 1.86. The lowest BCUT2D eigenvalue weighted by molar-refractivity contribution is 0.258. The highest BCUT2D eigenvalue weighted by atomic mass is 16.6. The Labute approximate surface area is 104 Å². The largest absolute Gasteiger partial charge is 0.490 e. The van der Waals surface area contributed by atoms with Gasteiger partial charge in [-0.05, 0) is 29.0 Å². The highest BCUT2D eigenvalue weighted by Gasteiger charge is 2.25. The third-order valence-corrected chi connectivity index (χ3v) is 3.09. The van der Waals surface area contributed by atoms with Gasteiger partial charge in [-0.3, -0.25) is 0 Å². The molecule has 0 radical (unpaired) electrons. The van der Waals surface area contributed by atoms with E-state index in [0.29, 0.717) is 12.7 Å². The first-order valence-electron chi connectivity index (χ1n) is 6.38. The van der Waals surface area contributed by atoms with Gasteiger partial charge in [0.2, 0.25) is 0 Å². The summed E-state index contributed by atoms with van der Waals surface area (Å²) in [5, 5.41) is 0. The van der Waals surface area contributed by atoms with E-state index in [2.05, 4.69) is 45.9 Å². The van der Waals surface area contributed by atoms with E-state index < -0.39 is 0 Å². The van der Waals surface area contributed by atoms with Gasteiger partial charge in [0.05, 0.1) is 6.61 Å². The molecule has 0 bridgehead atoms. The lowest BCUT2D eigenvalue weighted by Gasteiger charge is -2.23. The van der Waals surface area contributed by atoms with Crippen LogP contribution >= 0.6 is 0 Å². The molecule has 0 saturated carbocycles. The van der Waals surface area contributed by atoms with Gasteiger partial charge in [-0.2, -0.15) is 0 Å². The molecule has 1 aromatic rings. The van der Waals surface area contributed by atoms with Gasteiger partial charge in [0.15, 0.2) is 0 Å². The standard InChI is InChI=1S/C15H22O2/c1-5-11-6-7-14(17-10-12-9-16-12)13(8-11)15(2,3)4/h6-8,12H,5,9-10H2,1-4H3. The number of aryl methyl sites for hydroxylation is 1. The molecule has 1 heterocycles. The summed E-state index contributed by atoms with van der Waals surface area (Å²) in [5.41, 5.74) is 2.77. The van der Waals surface area contributed by atoms with E-state index in [1.807, 2.05) is 0 Å². The van der Waals surface area contributed by atoms with Crippen molar-refractivity contribution in [2.75, 3.05) is 13.2 Å². The van der Waals surface area contributed by atoms with Crippen molar-refractivity contribution in [3.05, 3.63) is 29.3 Å². The predicted octanol–water partition coefficient (Wildman–Crippen LogP) is 3.32. The number of ether oxygens (including phenoxy) is 2. The average Bonchev–Trinajstić information content (AvgIpc) is 3.08. The zero-order chi connectivity index (χ0) is 12.5. The molecule has 1 unspecified atom stereocenters. The van der Waals surface area contributed by atoms with Crippen LogP contribution in [0.5, 0.6) is 5.75 Å². The van der Waals surface area contributed by atoms with Crippen LogP contribution < -0.4 is 4.74 Å². The normalized spacial score (nSPS) is 19.2. The number of hydrogen-bond donors (Lipinski definition) is 0. The second kappa shape index (κ2) is 4.69. The van der Waals surface area contributed by atoms with E-state index in [1.165, 1.54) is 11.1 Å². The van der Waals surface area contributed by atoms with Crippen LogP contribution in [0.2, 0.25) is 0 Å². The van der Waals surface area contributed by atoms with Crippen LogP contribution in [-0.2, 0) is 16.6 Å². The van der Waals surface area contributed by atoms with Crippen LogP contribution in [0.1, 0.15) is 38.8 Å². The van der Waals surface area contributed by atoms with Crippen LogP contribution in [0.4, 0.5) is 0 Å². The van der Waals surface area contributed by atoms with Crippen molar-refractivity contribution >= 4 is 0 Å². The van der Waals surface area contributed by atoms with Crippen molar-refractivity contribution in [2.24, 2.45) is 0 Å². The van der Waals surface area contributed by atoms with Crippen LogP contribution in [0.15, 0.2) is 18.2 Å². The minimum absolute atomic E-state index is 0.116. The van der Waals surface area contributed by atoms with Gasteiger partial charge in [0.25, 0.3) is 0 Å². The Morgan fingerprint density at radius 2 is 2.06 bits per heavy atom. The van der Waals surface area contributed by atoms with Crippen molar-refractivity contribution in [1.29, 1.82) is 0 Å². The molecule has 0 N–H and O–H groups in total. The predicted molar refractivity (Wildman–Crippen MR) is 69.8 cm³/mol. The van der Waals surface area contributed by atoms with Crippen molar-refractivity contribution in [3.8, 4) is 5.75 Å². The number of epoxide rings is 1. The molecule has 0 aromatic heterocycles. The fourth-order valence-electron chi connectivity index (χ4n) is 1.86. The van der Waals surface area contributed by atoms with Crippen molar-refractivity contribution in [2.45, 2.75) is 45.6 Å². The lowest BCUT2D eigenvalue weighted by atomic mass is 9.85. The SMILES string of the molecule is CCc1ccc(OCC2CO2)c(C(C)(C)C)c1. The Balaban J connectivity index is 2.22. The van der Waals surface area contributed by atoms with E-state index in [1.54, 1.807) is 0 Å². The summed E-state index contributed by atoms with van der Waals surface area (Å²) in [4.78, 5) is 0. The first-order valence-corrected chi connectivity index (χ1v) is 6.38. The molecule has 1 atom stereocenters. The molecule has 2 rings (SSSR count). The van der Waals surface area contributed by atoms with Crippen LogP contribution in [0, 0.1) is 0 Å². The second-order valence-electron chi connectivity index (χ2n) is 5.70. The molecule has 1 aliphatic rings. The maximum atomic E-state index is 5.86. The summed E-state index contributed by atoms with van der Waals surface area (Å²) >= 11 is 0. The monoisotopic (exact) mass is 234 g/mol. The van der Waals surface area contributed by atoms with Gasteiger partial charge in [-0.1, -0.05) is 39.8 Å². The van der Waals surface area contributed by atoms with Gasteiger partial charge >= 0.3 is 0 Å². The summed E-state index contributed by atoms with van der Waals surface area (Å²) in [5.74, 6) is 1.00. The minimum Gasteiger partial charge on any atom is -0.490 e. The maximum Gasteiger partial charge on any atom is 0.123 e. The van der Waals surface area contributed by atoms with Crippen molar-refractivity contribution in [1.82, 2.24) is 0 Å². The molecule has 1 aromatic carbocycles. The molecule has 0 aliphatic carbocycles. The molecule has 17 heavy (non-hydrogen) atoms. The Hall–Kier alpha value is -1.02. The quantitative estimate of drug-likeness (QED) is 0.745. The molecular formula is C15H22O2. The molecule has 1 fully saturated rings. The molecule has 0 spiro atoms. The van der Waals surface area contributed by atoms with Gasteiger partial charge < -0.3 is 9.47 Å². The van der Waals surface area contributed by atoms with Crippen molar-refractivity contribution < 1.29 is 9.47 Å². The first-order chi connectivity index (χ1) is 8.00.